The predicted molar refractivity (Wildman–Crippen MR) is 120 cm³/mol. The van der Waals surface area contributed by atoms with Crippen LogP contribution in [0.2, 0.25) is 0 Å². The SMILES string of the molecule is O=C(O)C(F)(F)F.O=C(c1cccn2ccnc12)N1CCC(F)(F)[C@@H](Oc2ccc3cccc(F)c3n2)C1. The van der Waals surface area contributed by atoms with Crippen LogP contribution in [-0.4, -0.2) is 67.5 Å². The van der Waals surface area contributed by atoms with Gasteiger partial charge in [-0.2, -0.15) is 13.2 Å². The van der Waals surface area contributed by atoms with Crippen molar-refractivity contribution in [2.45, 2.75) is 24.6 Å². The summed E-state index contributed by atoms with van der Waals surface area (Å²) in [4.78, 5) is 31.5. The molecule has 38 heavy (non-hydrogen) atoms. The molecule has 200 valence electrons. The van der Waals surface area contributed by atoms with Gasteiger partial charge in [0, 0.05) is 43.0 Å². The van der Waals surface area contributed by atoms with E-state index < -0.39 is 42.3 Å². The topological polar surface area (TPSA) is 97.0 Å². The van der Waals surface area contributed by atoms with E-state index in [-0.39, 0.29) is 24.5 Å². The van der Waals surface area contributed by atoms with Crippen LogP contribution in [0.5, 0.6) is 5.88 Å². The summed E-state index contributed by atoms with van der Waals surface area (Å²) >= 11 is 0. The van der Waals surface area contributed by atoms with Gasteiger partial charge in [0.1, 0.15) is 17.0 Å². The Labute approximate surface area is 210 Å². The maximum Gasteiger partial charge on any atom is 0.490 e. The highest BCUT2D eigenvalue weighted by molar-refractivity contribution is 5.99. The van der Waals surface area contributed by atoms with Gasteiger partial charge in [0.25, 0.3) is 11.8 Å². The van der Waals surface area contributed by atoms with Gasteiger partial charge in [-0.3, -0.25) is 4.79 Å². The predicted octanol–water partition coefficient (Wildman–Crippen LogP) is 4.58. The molecule has 0 radical (unpaired) electrons. The average molecular weight is 540 g/mol. The minimum atomic E-state index is -5.08. The van der Waals surface area contributed by atoms with Gasteiger partial charge in [0.15, 0.2) is 6.10 Å². The number of carboxylic acids is 1. The number of halogens is 6. The van der Waals surface area contributed by atoms with Gasteiger partial charge in [0.2, 0.25) is 5.88 Å². The number of aromatic nitrogens is 3. The summed E-state index contributed by atoms with van der Waals surface area (Å²) in [6.07, 6.45) is -2.23. The summed E-state index contributed by atoms with van der Waals surface area (Å²) < 4.78 is 82.1. The number of fused-ring (bicyclic) bond motifs is 2. The van der Waals surface area contributed by atoms with Gasteiger partial charge in [0.05, 0.1) is 12.1 Å². The van der Waals surface area contributed by atoms with Crippen molar-refractivity contribution in [1.82, 2.24) is 19.3 Å². The highest BCUT2D eigenvalue weighted by Crippen LogP contribution is 2.33. The molecule has 1 atom stereocenters. The maximum absolute atomic E-state index is 14.6. The zero-order valence-corrected chi connectivity index (χ0v) is 19.2. The molecule has 1 saturated heterocycles. The van der Waals surface area contributed by atoms with E-state index in [1.54, 1.807) is 53.3 Å². The zero-order chi connectivity index (χ0) is 27.7. The molecule has 1 amide bonds. The fourth-order valence-electron chi connectivity index (χ4n) is 3.77. The van der Waals surface area contributed by atoms with Gasteiger partial charge in [-0.25, -0.2) is 27.9 Å². The van der Waals surface area contributed by atoms with Gasteiger partial charge < -0.3 is 19.1 Å². The molecule has 0 unspecified atom stereocenters. The fourth-order valence-corrected chi connectivity index (χ4v) is 3.77. The molecule has 14 heteroatoms. The molecule has 1 aliphatic rings. The zero-order valence-electron chi connectivity index (χ0n) is 19.2. The van der Waals surface area contributed by atoms with Crippen molar-refractivity contribution in [3.05, 3.63) is 72.4 Å². The van der Waals surface area contributed by atoms with Crippen molar-refractivity contribution in [3.63, 3.8) is 0 Å². The number of carbonyl (C=O) groups is 2. The Kier molecular flexibility index (Phi) is 7.16. The lowest BCUT2D eigenvalue weighted by Gasteiger charge is -2.38. The number of pyridine rings is 2. The molecule has 4 aromatic rings. The Hall–Kier alpha value is -4.36. The van der Waals surface area contributed by atoms with Crippen LogP contribution < -0.4 is 4.74 Å². The lowest BCUT2D eigenvalue weighted by atomic mass is 10.0. The molecule has 5 rings (SSSR count). The van der Waals surface area contributed by atoms with Gasteiger partial charge in [-0.05, 0) is 24.3 Å². The third-order valence-electron chi connectivity index (χ3n) is 5.66. The van der Waals surface area contributed by atoms with E-state index in [2.05, 4.69) is 9.97 Å². The van der Waals surface area contributed by atoms with Crippen LogP contribution in [0.4, 0.5) is 26.3 Å². The molecule has 1 aromatic carbocycles. The molecule has 3 aromatic heterocycles. The number of ether oxygens (including phenoxy) is 1. The number of carboxylic acid groups (broad SMARTS) is 1. The molecule has 1 fully saturated rings. The first kappa shape index (κ1) is 26.7. The van der Waals surface area contributed by atoms with Crippen LogP contribution in [0, 0.1) is 5.82 Å². The first-order valence-corrected chi connectivity index (χ1v) is 11.0. The van der Waals surface area contributed by atoms with E-state index in [0.29, 0.717) is 16.6 Å². The molecule has 8 nitrogen and oxygen atoms in total. The van der Waals surface area contributed by atoms with Crippen molar-refractivity contribution in [2.75, 3.05) is 13.1 Å². The van der Waals surface area contributed by atoms with Crippen LogP contribution in [0.1, 0.15) is 16.8 Å². The Balaban J connectivity index is 0.000000426. The number of benzene rings is 1. The van der Waals surface area contributed by atoms with Gasteiger partial charge >= 0.3 is 12.1 Å². The van der Waals surface area contributed by atoms with Gasteiger partial charge in [-0.15, -0.1) is 0 Å². The number of piperidine rings is 1. The van der Waals surface area contributed by atoms with Crippen molar-refractivity contribution in [1.29, 1.82) is 0 Å². The number of likely N-dealkylation sites (tertiary alicyclic amines) is 1. The van der Waals surface area contributed by atoms with E-state index in [0.717, 1.165) is 0 Å². The molecule has 0 spiro atoms. The van der Waals surface area contributed by atoms with E-state index in [4.69, 9.17) is 14.6 Å². The minimum absolute atomic E-state index is 0.0399. The smallest absolute Gasteiger partial charge is 0.475 e. The summed E-state index contributed by atoms with van der Waals surface area (Å²) in [6.45, 7) is -0.447. The Morgan fingerprint density at radius 1 is 1.08 bits per heavy atom. The number of hydrogen-bond donors (Lipinski definition) is 1. The number of para-hydroxylation sites is 1. The van der Waals surface area contributed by atoms with Crippen LogP contribution in [0.3, 0.4) is 0 Å². The number of alkyl halides is 5. The molecule has 4 heterocycles. The monoisotopic (exact) mass is 540 g/mol. The third-order valence-corrected chi connectivity index (χ3v) is 5.66. The molecule has 1 N–H and O–H groups in total. The molecule has 1 aliphatic heterocycles. The molecular formula is C24H18F6N4O4. The normalized spacial score (nSPS) is 17.1. The molecule has 0 aliphatic carbocycles. The quantitative estimate of drug-likeness (QED) is 0.382. The number of imidazole rings is 1. The van der Waals surface area contributed by atoms with Gasteiger partial charge in [-0.1, -0.05) is 12.1 Å². The number of nitrogens with zero attached hydrogens (tertiary/aromatic N) is 4. The molecule has 0 saturated carbocycles. The first-order chi connectivity index (χ1) is 17.9. The third kappa shape index (κ3) is 5.63. The Morgan fingerprint density at radius 3 is 2.53 bits per heavy atom. The number of rotatable bonds is 3. The van der Waals surface area contributed by atoms with Crippen LogP contribution in [0.25, 0.3) is 16.6 Å². The maximum atomic E-state index is 14.6. The Morgan fingerprint density at radius 2 is 1.82 bits per heavy atom. The summed E-state index contributed by atoms with van der Waals surface area (Å²) in [6, 6.07) is 10.7. The molecular weight excluding hydrogens is 522 g/mol. The summed E-state index contributed by atoms with van der Waals surface area (Å²) in [5, 5.41) is 7.66. The second-order valence-electron chi connectivity index (χ2n) is 8.21. The van der Waals surface area contributed by atoms with E-state index in [1.165, 1.54) is 17.0 Å². The number of carbonyl (C=O) groups excluding carboxylic acids is 1. The second kappa shape index (κ2) is 10.2. The lowest BCUT2D eigenvalue weighted by Crippen LogP contribution is -2.55. The van der Waals surface area contributed by atoms with Crippen LogP contribution >= 0.6 is 0 Å². The summed E-state index contributed by atoms with van der Waals surface area (Å²) in [5.74, 6) is -7.01. The van der Waals surface area contributed by atoms with Crippen LogP contribution in [-0.2, 0) is 4.79 Å². The van der Waals surface area contributed by atoms with Crippen molar-refractivity contribution < 1.29 is 45.8 Å². The van der Waals surface area contributed by atoms with E-state index in [1.807, 2.05) is 0 Å². The van der Waals surface area contributed by atoms with Crippen LogP contribution in [0.15, 0.2) is 61.1 Å². The standard InChI is InChI=1S/C22H17F3N4O2.C2HF3O2/c23-16-5-1-3-14-6-7-18(27-19(14)16)31-17-13-29(11-8-22(17,24)25)21(30)15-4-2-10-28-12-9-26-20(15)28;3-2(4,5)1(6)7/h1-7,9-10,12,17H,8,11,13H2;(H,6,7)/t17-;/m0./s1. The van der Waals surface area contributed by atoms with Crippen molar-refractivity contribution >= 4 is 28.4 Å². The van der Waals surface area contributed by atoms with Crippen molar-refractivity contribution in [3.8, 4) is 5.88 Å². The number of hydrogen-bond acceptors (Lipinski definition) is 5. The average Bonchev–Trinajstić information content (AvgIpc) is 3.34. The Bertz CT molecular complexity index is 1490. The van der Waals surface area contributed by atoms with E-state index >= 15 is 0 Å². The highest BCUT2D eigenvalue weighted by atomic mass is 19.4. The number of aliphatic carboxylic acids is 1. The fraction of sp³-hybridized carbons (Fsp3) is 0.250. The largest absolute Gasteiger partial charge is 0.490 e. The minimum Gasteiger partial charge on any atom is -0.475 e. The summed E-state index contributed by atoms with van der Waals surface area (Å²) in [5.41, 5.74) is 0.814. The van der Waals surface area contributed by atoms with E-state index in [9.17, 15) is 31.1 Å². The summed E-state index contributed by atoms with van der Waals surface area (Å²) in [7, 11) is 0. The molecule has 0 bridgehead atoms. The second-order valence-corrected chi connectivity index (χ2v) is 8.21. The highest BCUT2D eigenvalue weighted by Gasteiger charge is 2.47. The lowest BCUT2D eigenvalue weighted by molar-refractivity contribution is -0.192. The first-order valence-electron chi connectivity index (χ1n) is 11.0. The van der Waals surface area contributed by atoms with Crippen molar-refractivity contribution in [2.24, 2.45) is 0 Å². The number of amides is 1.